The van der Waals surface area contributed by atoms with Crippen LogP contribution < -0.4 is 20.1 Å². The number of aryl methyl sites for hydroxylation is 2. The maximum atomic E-state index is 14.3. The lowest BCUT2D eigenvalue weighted by molar-refractivity contribution is -0.140. The maximum Gasteiger partial charge on any atom is 0.254 e. The number of carbonyl (C=O) groups is 4. The molecule has 3 heterocycles. The van der Waals surface area contributed by atoms with Gasteiger partial charge in [0.2, 0.25) is 17.7 Å². The van der Waals surface area contributed by atoms with Crippen LogP contribution in [0.15, 0.2) is 72.9 Å². The van der Waals surface area contributed by atoms with Gasteiger partial charge in [-0.05, 0) is 86.8 Å². The highest BCUT2D eigenvalue weighted by Crippen LogP contribution is 2.38. The number of aromatic nitrogens is 1. The van der Waals surface area contributed by atoms with Crippen LogP contribution in [0.25, 0.3) is 10.9 Å². The normalized spacial score (nSPS) is 18.8. The van der Waals surface area contributed by atoms with Crippen molar-refractivity contribution in [1.82, 2.24) is 25.4 Å². The predicted molar refractivity (Wildman–Crippen MR) is 204 cm³/mol. The molecule has 3 aromatic carbocycles. The predicted octanol–water partition coefficient (Wildman–Crippen LogP) is 4.92. The first-order valence-electron chi connectivity index (χ1n) is 18.6. The van der Waals surface area contributed by atoms with Gasteiger partial charge in [0.15, 0.2) is 11.5 Å². The lowest BCUT2D eigenvalue weighted by Crippen LogP contribution is -2.56. The second-order valence-corrected chi connectivity index (χ2v) is 14.6. The summed E-state index contributed by atoms with van der Waals surface area (Å²) in [5, 5.41) is 6.77. The largest absolute Gasteiger partial charge is 0.493 e. The topological polar surface area (TPSA) is 133 Å². The van der Waals surface area contributed by atoms with E-state index in [-0.39, 0.29) is 54.5 Å². The summed E-state index contributed by atoms with van der Waals surface area (Å²) >= 11 is 0. The number of nitrogens with zero attached hydrogens (tertiary/aromatic N) is 2. The van der Waals surface area contributed by atoms with Crippen molar-refractivity contribution in [2.24, 2.45) is 17.8 Å². The number of likely N-dealkylation sites (tertiary alicyclic amines) is 2. The Morgan fingerprint density at radius 3 is 2.43 bits per heavy atom. The van der Waals surface area contributed by atoms with Gasteiger partial charge >= 0.3 is 0 Å². The van der Waals surface area contributed by atoms with E-state index in [9.17, 15) is 19.2 Å². The number of para-hydroxylation sites is 1. The molecular formula is C42H51N5O6. The number of methoxy groups -OCH3 is 1. The minimum atomic E-state index is -0.728. The third-order valence-corrected chi connectivity index (χ3v) is 10.7. The fourth-order valence-corrected chi connectivity index (χ4v) is 7.92. The molecule has 4 atom stereocenters. The third-order valence-electron chi connectivity index (χ3n) is 10.7. The van der Waals surface area contributed by atoms with Crippen LogP contribution >= 0.6 is 0 Å². The van der Waals surface area contributed by atoms with Gasteiger partial charge in [0.05, 0.1) is 25.6 Å². The average Bonchev–Trinajstić information content (AvgIpc) is 3.79. The van der Waals surface area contributed by atoms with Crippen molar-refractivity contribution >= 4 is 34.5 Å². The molecule has 2 aliphatic rings. The van der Waals surface area contributed by atoms with Crippen LogP contribution in [0, 0.1) is 24.7 Å². The molecule has 2 aliphatic heterocycles. The van der Waals surface area contributed by atoms with Crippen LogP contribution in [-0.4, -0.2) is 90.9 Å². The van der Waals surface area contributed by atoms with Crippen LogP contribution in [0.2, 0.25) is 0 Å². The number of aromatic amines is 1. The third kappa shape index (κ3) is 8.50. The van der Waals surface area contributed by atoms with Crippen molar-refractivity contribution < 1.29 is 28.7 Å². The fourth-order valence-electron chi connectivity index (χ4n) is 7.92. The van der Waals surface area contributed by atoms with Gasteiger partial charge in [-0.15, -0.1) is 0 Å². The quantitative estimate of drug-likeness (QED) is 0.180. The summed E-state index contributed by atoms with van der Waals surface area (Å²) in [7, 11) is 3.11. The van der Waals surface area contributed by atoms with Crippen molar-refractivity contribution in [3.63, 3.8) is 0 Å². The van der Waals surface area contributed by atoms with Gasteiger partial charge in [0, 0.05) is 55.9 Å². The Morgan fingerprint density at radius 2 is 1.70 bits per heavy atom. The number of amides is 4. The molecule has 280 valence electrons. The molecule has 4 amide bonds. The molecule has 53 heavy (non-hydrogen) atoms. The summed E-state index contributed by atoms with van der Waals surface area (Å²) in [4.78, 5) is 62.2. The van der Waals surface area contributed by atoms with Gasteiger partial charge in [0.1, 0.15) is 6.04 Å². The number of rotatable bonds is 13. The highest BCUT2D eigenvalue weighted by atomic mass is 16.5. The number of piperidine rings is 1. The molecule has 0 spiro atoms. The summed E-state index contributed by atoms with van der Waals surface area (Å²) < 4.78 is 11.4. The van der Waals surface area contributed by atoms with E-state index in [4.69, 9.17) is 9.47 Å². The number of H-pyrrole nitrogens is 1. The monoisotopic (exact) mass is 721 g/mol. The van der Waals surface area contributed by atoms with E-state index in [1.807, 2.05) is 63.4 Å². The molecule has 3 N–H and O–H groups in total. The molecule has 0 saturated carbocycles. The highest BCUT2D eigenvalue weighted by Gasteiger charge is 2.48. The van der Waals surface area contributed by atoms with E-state index >= 15 is 0 Å². The number of ether oxygens (including phenoxy) is 2. The summed E-state index contributed by atoms with van der Waals surface area (Å²) in [6.45, 7) is 7.27. The zero-order chi connectivity index (χ0) is 37.6. The molecule has 0 bridgehead atoms. The van der Waals surface area contributed by atoms with E-state index in [2.05, 4.69) is 27.8 Å². The Labute approximate surface area is 311 Å². The first-order valence-corrected chi connectivity index (χ1v) is 18.6. The Balaban J connectivity index is 1.22. The zero-order valence-corrected chi connectivity index (χ0v) is 31.3. The Hall–Kier alpha value is -5.32. The smallest absolute Gasteiger partial charge is 0.254 e. The molecule has 3 unspecified atom stereocenters. The number of hydrogen-bond acceptors (Lipinski definition) is 6. The van der Waals surface area contributed by atoms with E-state index in [0.29, 0.717) is 49.5 Å². The van der Waals surface area contributed by atoms with Crippen molar-refractivity contribution in [2.45, 2.75) is 58.6 Å². The van der Waals surface area contributed by atoms with Crippen molar-refractivity contribution in [3.8, 4) is 11.5 Å². The van der Waals surface area contributed by atoms with E-state index in [1.165, 1.54) is 5.56 Å². The zero-order valence-electron chi connectivity index (χ0n) is 31.3. The minimum Gasteiger partial charge on any atom is -0.493 e. The van der Waals surface area contributed by atoms with Crippen LogP contribution in [0.1, 0.15) is 53.7 Å². The number of carbonyl (C=O) groups excluding carboxylic acids is 4. The molecule has 4 aromatic rings. The number of benzene rings is 3. The van der Waals surface area contributed by atoms with E-state index in [0.717, 1.165) is 28.5 Å². The van der Waals surface area contributed by atoms with Crippen molar-refractivity contribution in [3.05, 3.63) is 95.2 Å². The van der Waals surface area contributed by atoms with Crippen LogP contribution in [-0.2, 0) is 27.2 Å². The summed E-state index contributed by atoms with van der Waals surface area (Å²) in [6, 6.07) is 20.5. The van der Waals surface area contributed by atoms with E-state index in [1.54, 1.807) is 42.2 Å². The minimum absolute atomic E-state index is 0.0622. The highest BCUT2D eigenvalue weighted by molar-refractivity contribution is 5.96. The molecule has 11 heteroatoms. The van der Waals surface area contributed by atoms with Gasteiger partial charge in [-0.3, -0.25) is 19.2 Å². The first kappa shape index (κ1) is 37.4. The summed E-state index contributed by atoms with van der Waals surface area (Å²) in [5.41, 5.74) is 4.63. The number of hydrogen-bond donors (Lipinski definition) is 3. The Kier molecular flexibility index (Phi) is 11.7. The van der Waals surface area contributed by atoms with Gasteiger partial charge < -0.3 is 34.9 Å². The van der Waals surface area contributed by atoms with Crippen LogP contribution in [0.4, 0.5) is 0 Å². The molecule has 0 radical (unpaired) electrons. The van der Waals surface area contributed by atoms with Crippen molar-refractivity contribution in [2.75, 3.05) is 40.3 Å². The second kappa shape index (κ2) is 16.6. The molecule has 6 rings (SSSR count). The number of nitrogens with one attached hydrogen (secondary N) is 3. The van der Waals surface area contributed by atoms with E-state index < -0.39 is 12.0 Å². The molecule has 2 saturated heterocycles. The van der Waals surface area contributed by atoms with Crippen molar-refractivity contribution in [1.29, 1.82) is 0 Å². The number of likely N-dealkylation sites (N-methyl/N-ethyl adjacent to an activating group) is 1. The van der Waals surface area contributed by atoms with Gasteiger partial charge in [0.25, 0.3) is 5.91 Å². The fraction of sp³-hybridized carbons (Fsp3) is 0.429. The van der Waals surface area contributed by atoms with Crippen LogP contribution in [0.3, 0.4) is 0 Å². The van der Waals surface area contributed by atoms with Crippen LogP contribution in [0.5, 0.6) is 11.5 Å². The standard InChI is InChI=1S/C42H51N5O6/c1-26(2)53-36-18-17-29(19-37(36)52-5)42(51)47-23-31-22-46(38(48)20-30-21-44-39-27(3)11-9-15-32(30)39)25-34(33(31)24-47)40(49)45-35(41(50)43-4)16-10-14-28-12-7-6-8-13-28/h6-9,11-13,15,17-19,21,26,31,33-35,44H,10,14,16,20,22-25H2,1-5H3,(H,43,50)(H,45,49)/t31?,33?,34?,35-/m0/s1. The summed E-state index contributed by atoms with van der Waals surface area (Å²) in [6.07, 6.45) is 3.96. The molecular weight excluding hydrogens is 670 g/mol. The maximum absolute atomic E-state index is 14.3. The number of fused-ring (bicyclic) bond motifs is 2. The Bertz CT molecular complexity index is 1940. The molecule has 2 fully saturated rings. The van der Waals surface area contributed by atoms with Gasteiger partial charge in [-0.2, -0.15) is 0 Å². The second-order valence-electron chi connectivity index (χ2n) is 14.6. The lowest BCUT2D eigenvalue weighted by Gasteiger charge is -2.40. The lowest BCUT2D eigenvalue weighted by atomic mass is 9.79. The summed E-state index contributed by atoms with van der Waals surface area (Å²) in [5.74, 6) is -0.705. The molecule has 11 nitrogen and oxygen atoms in total. The molecule has 1 aromatic heterocycles. The first-order chi connectivity index (χ1) is 25.6. The Morgan fingerprint density at radius 1 is 0.925 bits per heavy atom. The molecule has 0 aliphatic carbocycles. The SMILES string of the molecule is CNC(=O)[C@H](CCCc1ccccc1)NC(=O)C1CN(C(=O)Cc2c[nH]c3c(C)cccc23)CC2CN(C(=O)c3ccc(OC(C)C)c(OC)c3)CC21. The van der Waals surface area contributed by atoms with Gasteiger partial charge in [-0.25, -0.2) is 0 Å². The van der Waals surface area contributed by atoms with Gasteiger partial charge in [-0.1, -0.05) is 48.5 Å². The average molecular weight is 722 g/mol.